The molecule has 1 aliphatic carbocycles. The van der Waals surface area contributed by atoms with Crippen LogP contribution in [0.2, 0.25) is 0 Å². The SMILES string of the molecule is Cc1cc(NC2CCc3cc(N)ccc32)cnc1Br. The largest absolute Gasteiger partial charge is 0.399 e. The zero-order valence-electron chi connectivity index (χ0n) is 10.8. The summed E-state index contributed by atoms with van der Waals surface area (Å²) in [4.78, 5) is 4.32. The van der Waals surface area contributed by atoms with E-state index in [2.05, 4.69) is 44.4 Å². The van der Waals surface area contributed by atoms with Gasteiger partial charge in [0.2, 0.25) is 0 Å². The Hall–Kier alpha value is -1.55. The molecule has 1 aromatic heterocycles. The summed E-state index contributed by atoms with van der Waals surface area (Å²) in [7, 11) is 0. The van der Waals surface area contributed by atoms with E-state index in [1.54, 1.807) is 0 Å². The molecular weight excluding hydrogens is 302 g/mol. The van der Waals surface area contributed by atoms with E-state index in [-0.39, 0.29) is 0 Å². The van der Waals surface area contributed by atoms with Gasteiger partial charge in [0.25, 0.3) is 0 Å². The van der Waals surface area contributed by atoms with Crippen LogP contribution in [0.4, 0.5) is 11.4 Å². The van der Waals surface area contributed by atoms with Gasteiger partial charge in [-0.15, -0.1) is 0 Å². The van der Waals surface area contributed by atoms with E-state index in [4.69, 9.17) is 5.73 Å². The number of benzene rings is 1. The zero-order valence-corrected chi connectivity index (χ0v) is 12.4. The summed E-state index contributed by atoms with van der Waals surface area (Å²) in [5.74, 6) is 0. The van der Waals surface area contributed by atoms with Gasteiger partial charge >= 0.3 is 0 Å². The smallest absolute Gasteiger partial charge is 0.109 e. The Morgan fingerprint density at radius 3 is 3.00 bits per heavy atom. The highest BCUT2D eigenvalue weighted by molar-refractivity contribution is 9.10. The van der Waals surface area contributed by atoms with Crippen LogP contribution in [0.3, 0.4) is 0 Å². The highest BCUT2D eigenvalue weighted by Crippen LogP contribution is 2.35. The van der Waals surface area contributed by atoms with Crippen molar-refractivity contribution in [3.8, 4) is 0 Å². The Balaban J connectivity index is 1.84. The Morgan fingerprint density at radius 1 is 1.37 bits per heavy atom. The van der Waals surface area contributed by atoms with Crippen molar-refractivity contribution < 1.29 is 0 Å². The number of pyridine rings is 1. The van der Waals surface area contributed by atoms with Gasteiger partial charge in [0.1, 0.15) is 4.60 Å². The third-order valence-corrected chi connectivity index (χ3v) is 4.43. The molecule has 98 valence electrons. The van der Waals surface area contributed by atoms with Crippen molar-refractivity contribution in [2.75, 3.05) is 11.1 Å². The molecule has 1 heterocycles. The molecule has 1 atom stereocenters. The number of fused-ring (bicyclic) bond motifs is 1. The second-order valence-electron chi connectivity index (χ2n) is 5.03. The number of halogens is 1. The van der Waals surface area contributed by atoms with Crippen molar-refractivity contribution >= 4 is 27.3 Å². The average Bonchev–Trinajstić information content (AvgIpc) is 2.76. The molecule has 1 unspecified atom stereocenters. The number of nitrogens with two attached hydrogens (primary N) is 1. The molecule has 0 bridgehead atoms. The van der Waals surface area contributed by atoms with Gasteiger partial charge in [-0.05, 0) is 70.6 Å². The number of aryl methyl sites for hydroxylation is 2. The van der Waals surface area contributed by atoms with Crippen LogP contribution in [0.5, 0.6) is 0 Å². The maximum Gasteiger partial charge on any atom is 0.109 e. The quantitative estimate of drug-likeness (QED) is 0.653. The van der Waals surface area contributed by atoms with Crippen LogP contribution >= 0.6 is 15.9 Å². The number of anilines is 2. The summed E-state index contributed by atoms with van der Waals surface area (Å²) in [6, 6.07) is 8.67. The lowest BCUT2D eigenvalue weighted by molar-refractivity contribution is 0.761. The van der Waals surface area contributed by atoms with Gasteiger partial charge in [-0.2, -0.15) is 0 Å². The molecule has 0 saturated carbocycles. The maximum absolute atomic E-state index is 5.83. The molecule has 0 spiro atoms. The third kappa shape index (κ3) is 2.45. The van der Waals surface area contributed by atoms with Gasteiger partial charge in [-0.25, -0.2) is 4.98 Å². The van der Waals surface area contributed by atoms with Gasteiger partial charge in [0, 0.05) is 5.69 Å². The Labute approximate surface area is 121 Å². The number of nitrogen functional groups attached to an aromatic ring is 1. The molecule has 3 rings (SSSR count). The van der Waals surface area contributed by atoms with Crippen molar-refractivity contribution in [3.05, 3.63) is 51.8 Å². The Morgan fingerprint density at radius 2 is 2.21 bits per heavy atom. The van der Waals surface area contributed by atoms with E-state index in [1.165, 1.54) is 11.1 Å². The molecule has 0 aliphatic heterocycles. The topological polar surface area (TPSA) is 50.9 Å². The predicted molar refractivity (Wildman–Crippen MR) is 82.2 cm³/mol. The van der Waals surface area contributed by atoms with Crippen LogP contribution in [0.1, 0.15) is 29.2 Å². The van der Waals surface area contributed by atoms with Crippen LogP contribution < -0.4 is 11.1 Å². The molecule has 0 saturated heterocycles. The minimum absolute atomic E-state index is 0.359. The van der Waals surface area contributed by atoms with Crippen molar-refractivity contribution in [1.82, 2.24) is 4.98 Å². The van der Waals surface area contributed by atoms with Gasteiger partial charge < -0.3 is 11.1 Å². The maximum atomic E-state index is 5.83. The van der Waals surface area contributed by atoms with Crippen molar-refractivity contribution in [3.63, 3.8) is 0 Å². The molecule has 2 aromatic rings. The first kappa shape index (κ1) is 12.5. The first-order valence-corrected chi connectivity index (χ1v) is 7.20. The minimum Gasteiger partial charge on any atom is -0.399 e. The summed E-state index contributed by atoms with van der Waals surface area (Å²) >= 11 is 3.42. The van der Waals surface area contributed by atoms with Crippen LogP contribution in [0, 0.1) is 6.92 Å². The van der Waals surface area contributed by atoms with E-state index < -0.39 is 0 Å². The molecule has 1 aliphatic rings. The number of hydrogen-bond acceptors (Lipinski definition) is 3. The van der Waals surface area contributed by atoms with Crippen LogP contribution in [0.25, 0.3) is 0 Å². The first-order valence-electron chi connectivity index (χ1n) is 6.40. The fourth-order valence-electron chi connectivity index (χ4n) is 2.63. The monoisotopic (exact) mass is 317 g/mol. The van der Waals surface area contributed by atoms with E-state index in [0.717, 1.165) is 34.4 Å². The van der Waals surface area contributed by atoms with Gasteiger partial charge in [-0.1, -0.05) is 6.07 Å². The average molecular weight is 318 g/mol. The summed E-state index contributed by atoms with van der Waals surface area (Å²) < 4.78 is 0.901. The van der Waals surface area contributed by atoms with Crippen LogP contribution in [-0.4, -0.2) is 4.98 Å². The lowest BCUT2D eigenvalue weighted by atomic mass is 10.1. The van der Waals surface area contributed by atoms with Gasteiger partial charge in [0.05, 0.1) is 17.9 Å². The number of hydrogen-bond donors (Lipinski definition) is 2. The van der Waals surface area contributed by atoms with Crippen LogP contribution in [-0.2, 0) is 6.42 Å². The number of aromatic nitrogens is 1. The van der Waals surface area contributed by atoms with E-state index in [1.807, 2.05) is 19.2 Å². The van der Waals surface area contributed by atoms with Crippen LogP contribution in [0.15, 0.2) is 35.1 Å². The number of rotatable bonds is 2. The lowest BCUT2D eigenvalue weighted by Crippen LogP contribution is -2.07. The van der Waals surface area contributed by atoms with Crippen molar-refractivity contribution in [2.24, 2.45) is 0 Å². The highest BCUT2D eigenvalue weighted by Gasteiger charge is 2.22. The molecule has 3 N–H and O–H groups in total. The normalized spacial score (nSPS) is 17.3. The summed E-state index contributed by atoms with van der Waals surface area (Å²) in [5, 5.41) is 3.56. The fourth-order valence-corrected chi connectivity index (χ4v) is 2.84. The molecule has 19 heavy (non-hydrogen) atoms. The number of nitrogens with zero attached hydrogens (tertiary/aromatic N) is 1. The Bertz CT molecular complexity index is 625. The molecule has 4 heteroatoms. The predicted octanol–water partition coefficient (Wildman–Crippen LogP) is 3.83. The summed E-state index contributed by atoms with van der Waals surface area (Å²) in [6.07, 6.45) is 4.06. The van der Waals surface area contributed by atoms with Gasteiger partial charge in [0.15, 0.2) is 0 Å². The Kier molecular flexibility index (Phi) is 3.19. The summed E-state index contributed by atoms with van der Waals surface area (Å²) in [6.45, 7) is 2.05. The second kappa shape index (κ2) is 4.85. The van der Waals surface area contributed by atoms with Gasteiger partial charge in [-0.3, -0.25) is 0 Å². The van der Waals surface area contributed by atoms with E-state index in [9.17, 15) is 0 Å². The van der Waals surface area contributed by atoms with E-state index in [0.29, 0.717) is 6.04 Å². The molecule has 0 fully saturated rings. The van der Waals surface area contributed by atoms with Crippen molar-refractivity contribution in [2.45, 2.75) is 25.8 Å². The fraction of sp³-hybridized carbons (Fsp3) is 0.267. The summed E-state index contributed by atoms with van der Waals surface area (Å²) in [5.41, 5.74) is 11.6. The molecule has 3 nitrogen and oxygen atoms in total. The lowest BCUT2D eigenvalue weighted by Gasteiger charge is -2.16. The molecular formula is C15H16BrN3. The number of nitrogens with one attached hydrogen (secondary N) is 1. The molecule has 0 amide bonds. The third-order valence-electron chi connectivity index (χ3n) is 3.60. The highest BCUT2D eigenvalue weighted by atomic mass is 79.9. The standard InChI is InChI=1S/C15H16BrN3/c1-9-6-12(8-18-15(9)16)19-14-5-2-10-7-11(17)3-4-13(10)14/h3-4,6-8,14,19H,2,5,17H2,1H3. The molecule has 0 radical (unpaired) electrons. The van der Waals surface area contributed by atoms with Crippen molar-refractivity contribution in [1.29, 1.82) is 0 Å². The van der Waals surface area contributed by atoms with E-state index >= 15 is 0 Å². The zero-order chi connectivity index (χ0) is 13.4. The minimum atomic E-state index is 0.359. The second-order valence-corrected chi connectivity index (χ2v) is 5.78. The molecule has 1 aromatic carbocycles. The first-order chi connectivity index (χ1) is 9.13.